The summed E-state index contributed by atoms with van der Waals surface area (Å²) in [4.78, 5) is 17.0. The van der Waals surface area contributed by atoms with Crippen LogP contribution in [0.15, 0.2) is 23.6 Å². The fourth-order valence-corrected chi connectivity index (χ4v) is 1.22. The number of ether oxygens (including phenoxy) is 1. The van der Waals surface area contributed by atoms with Crippen molar-refractivity contribution in [1.29, 1.82) is 0 Å². The van der Waals surface area contributed by atoms with E-state index in [0.717, 1.165) is 0 Å². The minimum absolute atomic E-state index is 0.189. The van der Waals surface area contributed by atoms with Crippen LogP contribution in [-0.2, 0) is 16.1 Å². The predicted molar refractivity (Wildman–Crippen MR) is 56.4 cm³/mol. The number of carbonyl (C=O) groups is 1. The number of aromatic nitrogens is 2. The highest BCUT2D eigenvalue weighted by Gasteiger charge is 2.12. The van der Waals surface area contributed by atoms with E-state index in [1.807, 2.05) is 4.90 Å². The standard InChI is InChI=1S/C10H15N3O3/c1-3-5-13(7-10(14)15-4-2)6-9-11-8-16-12-9/h3,8H,1,4-7H2,2H3. The van der Waals surface area contributed by atoms with Crippen LogP contribution in [0.1, 0.15) is 12.7 Å². The Morgan fingerprint density at radius 1 is 1.75 bits per heavy atom. The van der Waals surface area contributed by atoms with Gasteiger partial charge in [-0.3, -0.25) is 9.69 Å². The molecule has 88 valence electrons. The van der Waals surface area contributed by atoms with Crippen molar-refractivity contribution in [3.8, 4) is 0 Å². The minimum Gasteiger partial charge on any atom is -0.465 e. The van der Waals surface area contributed by atoms with Gasteiger partial charge in [-0.05, 0) is 6.92 Å². The maximum atomic E-state index is 11.3. The zero-order valence-corrected chi connectivity index (χ0v) is 9.26. The molecule has 0 fully saturated rings. The van der Waals surface area contributed by atoms with Crippen LogP contribution in [0.2, 0.25) is 0 Å². The monoisotopic (exact) mass is 225 g/mol. The molecule has 1 aromatic rings. The van der Waals surface area contributed by atoms with Crippen molar-refractivity contribution in [1.82, 2.24) is 15.0 Å². The summed E-state index contributed by atoms with van der Waals surface area (Å²) in [5, 5.41) is 3.68. The highest BCUT2D eigenvalue weighted by Crippen LogP contribution is 1.99. The molecule has 0 N–H and O–H groups in total. The third-order valence-corrected chi connectivity index (χ3v) is 1.82. The van der Waals surface area contributed by atoms with Gasteiger partial charge in [0.2, 0.25) is 6.39 Å². The first-order chi connectivity index (χ1) is 7.76. The van der Waals surface area contributed by atoms with Crippen LogP contribution in [-0.4, -0.2) is 40.7 Å². The van der Waals surface area contributed by atoms with E-state index < -0.39 is 0 Å². The van der Waals surface area contributed by atoms with Gasteiger partial charge in [0.1, 0.15) is 0 Å². The molecular weight excluding hydrogens is 210 g/mol. The number of esters is 1. The lowest BCUT2D eigenvalue weighted by Crippen LogP contribution is -2.31. The van der Waals surface area contributed by atoms with Crippen molar-refractivity contribution in [2.75, 3.05) is 19.7 Å². The molecule has 6 heteroatoms. The first-order valence-electron chi connectivity index (χ1n) is 5.00. The van der Waals surface area contributed by atoms with E-state index in [-0.39, 0.29) is 12.5 Å². The molecule has 16 heavy (non-hydrogen) atoms. The largest absolute Gasteiger partial charge is 0.465 e. The molecule has 0 atom stereocenters. The van der Waals surface area contributed by atoms with E-state index in [4.69, 9.17) is 4.74 Å². The van der Waals surface area contributed by atoms with Gasteiger partial charge in [-0.25, -0.2) is 0 Å². The Kier molecular flexibility index (Phi) is 5.21. The molecule has 0 unspecified atom stereocenters. The van der Waals surface area contributed by atoms with Crippen LogP contribution in [0, 0.1) is 0 Å². The maximum absolute atomic E-state index is 11.3. The fraction of sp³-hybridized carbons (Fsp3) is 0.500. The zero-order chi connectivity index (χ0) is 11.8. The second kappa shape index (κ2) is 6.73. The van der Waals surface area contributed by atoms with Crippen LogP contribution < -0.4 is 0 Å². The SMILES string of the molecule is C=CCN(CC(=O)OCC)Cc1ncon1. The smallest absolute Gasteiger partial charge is 0.320 e. The maximum Gasteiger partial charge on any atom is 0.320 e. The molecule has 0 saturated carbocycles. The van der Waals surface area contributed by atoms with Gasteiger partial charge in [0.25, 0.3) is 0 Å². The molecule has 0 aliphatic heterocycles. The summed E-state index contributed by atoms with van der Waals surface area (Å²) in [6.45, 7) is 6.96. The number of carbonyl (C=O) groups excluding carboxylic acids is 1. The molecule has 1 aromatic heterocycles. The molecule has 0 amide bonds. The van der Waals surface area contributed by atoms with Gasteiger partial charge in [-0.1, -0.05) is 11.2 Å². The molecule has 0 aliphatic rings. The number of hydrogen-bond donors (Lipinski definition) is 0. The molecule has 1 heterocycles. The predicted octanol–water partition coefficient (Wildman–Crippen LogP) is 0.621. The van der Waals surface area contributed by atoms with Crippen LogP contribution in [0.25, 0.3) is 0 Å². The van der Waals surface area contributed by atoms with E-state index in [9.17, 15) is 4.79 Å². The summed E-state index contributed by atoms with van der Waals surface area (Å²) in [6, 6.07) is 0. The van der Waals surface area contributed by atoms with Crippen molar-refractivity contribution >= 4 is 5.97 Å². The normalized spacial score (nSPS) is 10.4. The summed E-state index contributed by atoms with van der Waals surface area (Å²) in [7, 11) is 0. The Labute approximate surface area is 93.9 Å². The molecule has 0 aromatic carbocycles. The summed E-state index contributed by atoms with van der Waals surface area (Å²) in [5.74, 6) is 0.263. The summed E-state index contributed by atoms with van der Waals surface area (Å²) in [5.41, 5.74) is 0. The van der Waals surface area contributed by atoms with Crippen molar-refractivity contribution in [3.05, 3.63) is 24.9 Å². The highest BCUT2D eigenvalue weighted by atomic mass is 16.5. The number of nitrogens with zero attached hydrogens (tertiary/aromatic N) is 3. The van der Waals surface area contributed by atoms with Gasteiger partial charge in [-0.2, -0.15) is 4.98 Å². The third-order valence-electron chi connectivity index (χ3n) is 1.82. The van der Waals surface area contributed by atoms with Gasteiger partial charge in [0, 0.05) is 6.54 Å². The summed E-state index contributed by atoms with van der Waals surface area (Å²) < 4.78 is 9.47. The Hall–Kier alpha value is -1.69. The topological polar surface area (TPSA) is 68.5 Å². The zero-order valence-electron chi connectivity index (χ0n) is 9.26. The lowest BCUT2D eigenvalue weighted by molar-refractivity contribution is -0.144. The Bertz CT molecular complexity index is 324. The Morgan fingerprint density at radius 3 is 3.12 bits per heavy atom. The molecule has 0 spiro atoms. The lowest BCUT2D eigenvalue weighted by Gasteiger charge is -2.17. The van der Waals surface area contributed by atoms with Gasteiger partial charge in [0.05, 0.1) is 19.7 Å². The van der Waals surface area contributed by atoms with Gasteiger partial charge >= 0.3 is 5.97 Å². The van der Waals surface area contributed by atoms with Crippen LogP contribution >= 0.6 is 0 Å². The molecule has 1 rings (SSSR count). The quantitative estimate of drug-likeness (QED) is 0.500. The van der Waals surface area contributed by atoms with E-state index >= 15 is 0 Å². The highest BCUT2D eigenvalue weighted by molar-refractivity contribution is 5.71. The van der Waals surface area contributed by atoms with Crippen molar-refractivity contribution in [2.24, 2.45) is 0 Å². The molecular formula is C10H15N3O3. The van der Waals surface area contributed by atoms with Crippen molar-refractivity contribution in [2.45, 2.75) is 13.5 Å². The lowest BCUT2D eigenvalue weighted by atomic mass is 10.4. The van der Waals surface area contributed by atoms with E-state index in [0.29, 0.717) is 25.5 Å². The summed E-state index contributed by atoms with van der Waals surface area (Å²) in [6.07, 6.45) is 2.96. The third kappa shape index (κ3) is 4.22. The second-order valence-electron chi connectivity index (χ2n) is 3.11. The number of hydrogen-bond acceptors (Lipinski definition) is 6. The van der Waals surface area contributed by atoms with Crippen molar-refractivity contribution < 1.29 is 14.1 Å². The molecule has 6 nitrogen and oxygen atoms in total. The average molecular weight is 225 g/mol. The van der Waals surface area contributed by atoms with E-state index in [1.165, 1.54) is 6.39 Å². The molecule has 0 radical (unpaired) electrons. The van der Waals surface area contributed by atoms with Gasteiger partial charge in [-0.15, -0.1) is 6.58 Å². The van der Waals surface area contributed by atoms with E-state index in [2.05, 4.69) is 21.2 Å². The summed E-state index contributed by atoms with van der Waals surface area (Å²) >= 11 is 0. The molecule has 0 bridgehead atoms. The molecule has 0 aliphatic carbocycles. The number of rotatable bonds is 7. The van der Waals surface area contributed by atoms with Gasteiger partial charge in [0.15, 0.2) is 5.82 Å². The second-order valence-corrected chi connectivity index (χ2v) is 3.11. The van der Waals surface area contributed by atoms with Crippen LogP contribution in [0.3, 0.4) is 0 Å². The van der Waals surface area contributed by atoms with Crippen molar-refractivity contribution in [3.63, 3.8) is 0 Å². The van der Waals surface area contributed by atoms with Crippen LogP contribution in [0.4, 0.5) is 0 Å². The Morgan fingerprint density at radius 2 is 2.56 bits per heavy atom. The first-order valence-corrected chi connectivity index (χ1v) is 5.00. The Balaban J connectivity index is 2.47. The molecule has 0 saturated heterocycles. The van der Waals surface area contributed by atoms with E-state index in [1.54, 1.807) is 13.0 Å². The first kappa shape index (κ1) is 12.4. The minimum atomic E-state index is -0.271. The van der Waals surface area contributed by atoms with Gasteiger partial charge < -0.3 is 9.26 Å². The van der Waals surface area contributed by atoms with Crippen LogP contribution in [0.5, 0.6) is 0 Å². The fourth-order valence-electron chi connectivity index (χ4n) is 1.22. The average Bonchev–Trinajstić information content (AvgIpc) is 2.71.